The monoisotopic (exact) mass is 418 g/mol. The molecule has 1 amide bonds. The van der Waals surface area contributed by atoms with Crippen molar-refractivity contribution in [3.05, 3.63) is 0 Å². The number of ether oxygens (including phenoxy) is 5. The van der Waals surface area contributed by atoms with Crippen molar-refractivity contribution in [1.29, 1.82) is 0 Å². The van der Waals surface area contributed by atoms with Crippen LogP contribution in [0.1, 0.15) is 41.5 Å². The van der Waals surface area contributed by atoms with Crippen LogP contribution in [0.15, 0.2) is 5.16 Å². The molecule has 4 atom stereocenters. The van der Waals surface area contributed by atoms with Gasteiger partial charge in [-0.05, 0) is 20.8 Å². The van der Waals surface area contributed by atoms with E-state index >= 15 is 0 Å². The molecule has 12 nitrogen and oxygen atoms in total. The van der Waals surface area contributed by atoms with E-state index in [2.05, 4.69) is 10.5 Å². The number of nitrogens with one attached hydrogen (secondary N) is 1. The SMILES string of the molecule is CC(=O)OCC1OC(=NO)C(NC(=O)OC(C)(C)C)[C@@H](OC(C)=O)[C@@H]1OC(C)=O. The first kappa shape index (κ1) is 24.0. The Labute approximate surface area is 167 Å². The largest absolute Gasteiger partial charge is 0.466 e. The summed E-state index contributed by atoms with van der Waals surface area (Å²) in [5.41, 5.74) is -0.847. The first-order valence-corrected chi connectivity index (χ1v) is 8.70. The van der Waals surface area contributed by atoms with Gasteiger partial charge in [-0.1, -0.05) is 5.16 Å². The minimum Gasteiger partial charge on any atom is -0.466 e. The molecule has 0 aromatic heterocycles. The highest BCUT2D eigenvalue weighted by Crippen LogP contribution is 2.25. The summed E-state index contributed by atoms with van der Waals surface area (Å²) in [4.78, 5) is 46.6. The van der Waals surface area contributed by atoms with Crippen molar-refractivity contribution in [2.45, 2.75) is 71.5 Å². The summed E-state index contributed by atoms with van der Waals surface area (Å²) < 4.78 is 25.9. The number of rotatable bonds is 5. The van der Waals surface area contributed by atoms with Crippen molar-refractivity contribution in [3.63, 3.8) is 0 Å². The van der Waals surface area contributed by atoms with Crippen LogP contribution in [0.5, 0.6) is 0 Å². The molecule has 164 valence electrons. The molecule has 1 heterocycles. The van der Waals surface area contributed by atoms with Crippen LogP contribution in [-0.4, -0.2) is 71.7 Å². The number of oxime groups is 1. The lowest BCUT2D eigenvalue weighted by molar-refractivity contribution is -0.186. The molecule has 0 aliphatic carbocycles. The topological polar surface area (TPSA) is 159 Å². The fourth-order valence-corrected chi connectivity index (χ4v) is 2.49. The van der Waals surface area contributed by atoms with Gasteiger partial charge in [-0.25, -0.2) is 4.79 Å². The molecule has 29 heavy (non-hydrogen) atoms. The molecule has 1 rings (SSSR count). The molecule has 0 spiro atoms. The summed E-state index contributed by atoms with van der Waals surface area (Å²) in [5, 5.41) is 14.7. The lowest BCUT2D eigenvalue weighted by atomic mass is 9.96. The van der Waals surface area contributed by atoms with E-state index in [1.807, 2.05) is 0 Å². The van der Waals surface area contributed by atoms with E-state index < -0.39 is 66.5 Å². The average Bonchev–Trinajstić information content (AvgIpc) is 2.54. The standard InChI is InChI=1S/C17H26N2O10/c1-8(20)25-7-11-13(26-9(2)21)14(27-10(3)22)12(15(19-24)28-11)18-16(23)29-17(4,5)6/h11-14,24H,7H2,1-6H3,(H,18,23)/t11?,12?,13-,14-/m1/s1. The van der Waals surface area contributed by atoms with Crippen LogP contribution in [0, 0.1) is 0 Å². The van der Waals surface area contributed by atoms with Gasteiger partial charge >= 0.3 is 24.0 Å². The Morgan fingerprint density at radius 2 is 1.59 bits per heavy atom. The van der Waals surface area contributed by atoms with Gasteiger partial charge in [-0.3, -0.25) is 14.4 Å². The summed E-state index contributed by atoms with van der Waals surface area (Å²) in [5.74, 6) is -2.61. The average molecular weight is 418 g/mol. The Bertz CT molecular complexity index is 670. The first-order chi connectivity index (χ1) is 13.3. The second kappa shape index (κ2) is 9.94. The van der Waals surface area contributed by atoms with Crippen molar-refractivity contribution in [3.8, 4) is 0 Å². The summed E-state index contributed by atoms with van der Waals surface area (Å²) in [7, 11) is 0. The van der Waals surface area contributed by atoms with E-state index in [-0.39, 0.29) is 0 Å². The van der Waals surface area contributed by atoms with Crippen molar-refractivity contribution in [2.75, 3.05) is 6.61 Å². The quantitative estimate of drug-likeness (QED) is 0.278. The maximum Gasteiger partial charge on any atom is 0.408 e. The molecule has 12 heteroatoms. The third-order valence-electron chi connectivity index (χ3n) is 3.38. The molecule has 0 bridgehead atoms. The number of hydrogen-bond acceptors (Lipinski definition) is 11. The second-order valence-electron chi connectivity index (χ2n) is 7.17. The van der Waals surface area contributed by atoms with E-state index in [1.54, 1.807) is 20.8 Å². The highest BCUT2D eigenvalue weighted by Gasteiger charge is 2.51. The zero-order valence-electron chi connectivity index (χ0n) is 17.1. The highest BCUT2D eigenvalue weighted by molar-refractivity contribution is 5.87. The molecule has 1 fully saturated rings. The number of carbonyl (C=O) groups excluding carboxylic acids is 4. The molecular weight excluding hydrogens is 392 g/mol. The fourth-order valence-electron chi connectivity index (χ4n) is 2.49. The Balaban J connectivity index is 3.25. The number of amides is 1. The van der Waals surface area contributed by atoms with Crippen LogP contribution in [0.4, 0.5) is 4.79 Å². The van der Waals surface area contributed by atoms with Gasteiger partial charge in [0.1, 0.15) is 12.2 Å². The molecule has 2 N–H and O–H groups in total. The third-order valence-corrected chi connectivity index (χ3v) is 3.38. The molecule has 2 unspecified atom stereocenters. The number of nitrogens with zero attached hydrogens (tertiary/aromatic N) is 1. The summed E-state index contributed by atoms with van der Waals surface area (Å²) in [6.45, 7) is 7.85. The summed E-state index contributed by atoms with van der Waals surface area (Å²) in [6.07, 6.45) is -4.75. The number of esters is 3. The van der Waals surface area contributed by atoms with Crippen molar-refractivity contribution in [1.82, 2.24) is 5.32 Å². The Kier molecular flexibility index (Phi) is 8.22. The van der Waals surface area contributed by atoms with Crippen LogP contribution in [0.2, 0.25) is 0 Å². The minimum absolute atomic E-state index is 0.400. The maximum atomic E-state index is 12.2. The first-order valence-electron chi connectivity index (χ1n) is 8.70. The van der Waals surface area contributed by atoms with Crippen LogP contribution in [0.25, 0.3) is 0 Å². The van der Waals surface area contributed by atoms with Crippen molar-refractivity contribution in [2.24, 2.45) is 5.16 Å². The van der Waals surface area contributed by atoms with Gasteiger partial charge in [0.05, 0.1) is 0 Å². The summed E-state index contributed by atoms with van der Waals surface area (Å²) >= 11 is 0. The van der Waals surface area contributed by atoms with Crippen molar-refractivity contribution >= 4 is 29.9 Å². The van der Waals surface area contributed by atoms with E-state index in [0.29, 0.717) is 0 Å². The maximum absolute atomic E-state index is 12.2. The molecular formula is C17H26N2O10. The third kappa shape index (κ3) is 7.84. The van der Waals surface area contributed by atoms with Gasteiger partial charge in [-0.15, -0.1) is 0 Å². The second-order valence-corrected chi connectivity index (χ2v) is 7.17. The van der Waals surface area contributed by atoms with E-state index in [0.717, 1.165) is 20.8 Å². The Hall–Kier alpha value is -3.05. The lowest BCUT2D eigenvalue weighted by Gasteiger charge is -2.41. The van der Waals surface area contributed by atoms with Gasteiger partial charge in [0.15, 0.2) is 24.4 Å². The van der Waals surface area contributed by atoms with E-state index in [4.69, 9.17) is 23.7 Å². The minimum atomic E-state index is -1.36. The molecule has 0 radical (unpaired) electrons. The highest BCUT2D eigenvalue weighted by atomic mass is 16.6. The van der Waals surface area contributed by atoms with Gasteiger partial charge in [0.2, 0.25) is 0 Å². The van der Waals surface area contributed by atoms with E-state index in [1.165, 1.54) is 0 Å². The van der Waals surface area contributed by atoms with Gasteiger partial charge in [0.25, 0.3) is 5.90 Å². The van der Waals surface area contributed by atoms with Gasteiger partial charge < -0.3 is 34.2 Å². The predicted octanol–water partition coefficient (Wildman–Crippen LogP) is 0.493. The predicted molar refractivity (Wildman–Crippen MR) is 95.0 cm³/mol. The zero-order chi connectivity index (χ0) is 22.4. The Morgan fingerprint density at radius 1 is 1.03 bits per heavy atom. The fraction of sp³-hybridized carbons (Fsp3) is 0.706. The molecule has 0 saturated carbocycles. The molecule has 0 aromatic carbocycles. The lowest BCUT2D eigenvalue weighted by Crippen LogP contribution is -2.65. The number of carbonyl (C=O) groups is 4. The van der Waals surface area contributed by atoms with Crippen molar-refractivity contribution < 1.29 is 48.1 Å². The normalized spacial score (nSPS) is 25.4. The van der Waals surface area contributed by atoms with Crippen LogP contribution in [0.3, 0.4) is 0 Å². The molecule has 0 aromatic rings. The van der Waals surface area contributed by atoms with Gasteiger partial charge in [-0.2, -0.15) is 0 Å². The number of hydrogen-bond donors (Lipinski definition) is 2. The molecule has 1 saturated heterocycles. The summed E-state index contributed by atoms with van der Waals surface area (Å²) in [6, 6.07) is -1.35. The zero-order valence-corrected chi connectivity index (χ0v) is 17.1. The van der Waals surface area contributed by atoms with Gasteiger partial charge in [0, 0.05) is 20.8 Å². The molecule has 1 aliphatic heterocycles. The molecule has 1 aliphatic rings. The number of alkyl carbamates (subject to hydrolysis) is 1. The van der Waals surface area contributed by atoms with Crippen LogP contribution in [-0.2, 0) is 38.1 Å². The van der Waals surface area contributed by atoms with Crippen LogP contribution < -0.4 is 5.32 Å². The smallest absolute Gasteiger partial charge is 0.408 e. The van der Waals surface area contributed by atoms with E-state index in [9.17, 15) is 24.4 Å². The Morgan fingerprint density at radius 3 is 2.03 bits per heavy atom. The van der Waals surface area contributed by atoms with Crippen LogP contribution >= 0.6 is 0 Å².